The van der Waals surface area contributed by atoms with Gasteiger partial charge < -0.3 is 5.32 Å². The maximum atomic E-state index is 10.3. The average molecular weight is 211 g/mol. The van der Waals surface area contributed by atoms with E-state index in [9.17, 15) is 8.42 Å². The summed E-state index contributed by atoms with van der Waals surface area (Å²) in [6.45, 7) is 0. The molecule has 0 aliphatic carbocycles. The first-order valence-electron chi connectivity index (χ1n) is 3.32. The number of hydrogen-bond donors (Lipinski definition) is 2. The molecule has 0 amide bonds. The molecule has 0 aliphatic rings. The van der Waals surface area contributed by atoms with Crippen LogP contribution in [0.2, 0.25) is 0 Å². The second-order valence-corrected chi connectivity index (χ2v) is 3.72. The molecular formula is C7H10NNaO3S. The molecule has 1 rings (SSSR count). The molecule has 0 radical (unpaired) electrons. The molecule has 0 bridgehead atoms. The number of anilines is 1. The minimum absolute atomic E-state index is 0. The molecule has 0 aliphatic heterocycles. The summed E-state index contributed by atoms with van der Waals surface area (Å²) < 4.78 is 29.0. The summed E-state index contributed by atoms with van der Waals surface area (Å²) >= 11 is 0. The van der Waals surface area contributed by atoms with Crippen LogP contribution in [0.1, 0.15) is 0 Å². The Balaban J connectivity index is 0.00000144. The predicted molar refractivity (Wildman–Crippen MR) is 53.6 cm³/mol. The molecule has 68 valence electrons. The molecule has 0 spiro atoms. The van der Waals surface area contributed by atoms with Gasteiger partial charge in [-0.15, -0.1) is 0 Å². The van der Waals surface area contributed by atoms with Gasteiger partial charge in [-0.2, -0.15) is 8.42 Å². The summed E-state index contributed by atoms with van der Waals surface area (Å²) in [5, 5.41) is 2.55. The summed E-state index contributed by atoms with van der Waals surface area (Å²) in [6.07, 6.45) is 0. The molecule has 0 saturated carbocycles. The summed E-state index contributed by atoms with van der Waals surface area (Å²) in [6, 6.07) is 8.79. The van der Waals surface area contributed by atoms with Crippen LogP contribution in [0.25, 0.3) is 0 Å². The Labute approximate surface area is 99.4 Å². The third-order valence-corrected chi connectivity index (χ3v) is 1.74. The zero-order valence-electron chi connectivity index (χ0n) is 6.27. The van der Waals surface area contributed by atoms with Crippen LogP contribution in [0.15, 0.2) is 30.3 Å². The Kier molecular flexibility index (Phi) is 5.59. The topological polar surface area (TPSA) is 66.4 Å². The Bertz CT molecular complexity index is 338. The van der Waals surface area contributed by atoms with Gasteiger partial charge in [-0.25, -0.2) is 0 Å². The Morgan fingerprint density at radius 2 is 1.77 bits per heavy atom. The van der Waals surface area contributed by atoms with Crippen molar-refractivity contribution in [1.82, 2.24) is 0 Å². The van der Waals surface area contributed by atoms with Crippen molar-refractivity contribution in [3.8, 4) is 0 Å². The van der Waals surface area contributed by atoms with Crippen LogP contribution in [-0.2, 0) is 10.1 Å². The molecule has 0 unspecified atom stereocenters. The SMILES string of the molecule is O=S(=O)(O)CNc1ccccc1.[NaH]. The van der Waals surface area contributed by atoms with E-state index in [-0.39, 0.29) is 29.6 Å². The first kappa shape index (κ1) is 12.9. The second-order valence-electron chi connectivity index (χ2n) is 2.27. The van der Waals surface area contributed by atoms with E-state index >= 15 is 0 Å². The second kappa shape index (κ2) is 5.62. The van der Waals surface area contributed by atoms with Crippen molar-refractivity contribution in [2.45, 2.75) is 0 Å². The maximum absolute atomic E-state index is 10.3. The van der Waals surface area contributed by atoms with Crippen molar-refractivity contribution in [2.24, 2.45) is 0 Å². The summed E-state index contributed by atoms with van der Waals surface area (Å²) in [5.74, 6) is -0.461. The number of benzene rings is 1. The van der Waals surface area contributed by atoms with E-state index in [1.54, 1.807) is 24.3 Å². The van der Waals surface area contributed by atoms with Gasteiger partial charge >= 0.3 is 29.6 Å². The number of rotatable bonds is 3. The molecule has 6 heteroatoms. The number of hydrogen-bond acceptors (Lipinski definition) is 3. The first-order chi connectivity index (χ1) is 5.58. The zero-order chi connectivity index (χ0) is 9.03. The Hall–Kier alpha value is -0.0700. The fraction of sp³-hybridized carbons (Fsp3) is 0.143. The minimum atomic E-state index is -3.93. The van der Waals surface area contributed by atoms with E-state index in [1.165, 1.54) is 0 Å². The van der Waals surface area contributed by atoms with Gasteiger partial charge in [-0.3, -0.25) is 4.55 Å². The van der Waals surface area contributed by atoms with E-state index in [0.717, 1.165) is 0 Å². The van der Waals surface area contributed by atoms with Gasteiger partial charge in [0.15, 0.2) is 0 Å². The van der Waals surface area contributed by atoms with Crippen LogP contribution < -0.4 is 5.32 Å². The first-order valence-corrected chi connectivity index (χ1v) is 4.93. The molecule has 0 aromatic heterocycles. The van der Waals surface area contributed by atoms with Gasteiger partial charge in [-0.1, -0.05) is 18.2 Å². The van der Waals surface area contributed by atoms with Crippen LogP contribution in [0.4, 0.5) is 5.69 Å². The molecule has 13 heavy (non-hydrogen) atoms. The van der Waals surface area contributed by atoms with Crippen molar-refractivity contribution in [3.05, 3.63) is 30.3 Å². The third-order valence-electron chi connectivity index (χ3n) is 1.23. The van der Waals surface area contributed by atoms with Crippen molar-refractivity contribution in [1.29, 1.82) is 0 Å². The number of para-hydroxylation sites is 1. The van der Waals surface area contributed by atoms with Gasteiger partial charge in [0.1, 0.15) is 5.88 Å². The quantitative estimate of drug-likeness (QED) is 0.557. The molecule has 1 aromatic rings. The van der Waals surface area contributed by atoms with Crippen molar-refractivity contribution < 1.29 is 13.0 Å². The van der Waals surface area contributed by atoms with E-state index in [2.05, 4.69) is 5.32 Å². The Morgan fingerprint density at radius 3 is 2.23 bits per heavy atom. The standard InChI is InChI=1S/C7H9NO3S.Na.H/c9-12(10,11)6-8-7-4-2-1-3-5-7;;/h1-5,8H,6H2,(H,9,10,11);;. The van der Waals surface area contributed by atoms with E-state index < -0.39 is 16.0 Å². The van der Waals surface area contributed by atoms with Crippen LogP contribution in [0.3, 0.4) is 0 Å². The normalized spacial score (nSPS) is 10.2. The van der Waals surface area contributed by atoms with Crippen LogP contribution >= 0.6 is 0 Å². The van der Waals surface area contributed by atoms with Crippen LogP contribution in [-0.4, -0.2) is 48.4 Å². The summed E-state index contributed by atoms with van der Waals surface area (Å²) in [4.78, 5) is 0. The molecular weight excluding hydrogens is 201 g/mol. The molecule has 0 fully saturated rings. The third kappa shape index (κ3) is 6.06. The van der Waals surface area contributed by atoms with Crippen molar-refractivity contribution in [3.63, 3.8) is 0 Å². The van der Waals surface area contributed by atoms with Crippen molar-refractivity contribution in [2.75, 3.05) is 11.2 Å². The van der Waals surface area contributed by atoms with E-state index in [4.69, 9.17) is 4.55 Å². The molecule has 0 atom stereocenters. The molecule has 0 heterocycles. The summed E-state index contributed by atoms with van der Waals surface area (Å²) in [5.41, 5.74) is 0.662. The van der Waals surface area contributed by atoms with E-state index in [0.29, 0.717) is 5.69 Å². The zero-order valence-corrected chi connectivity index (χ0v) is 7.08. The summed E-state index contributed by atoms with van der Waals surface area (Å²) in [7, 11) is -3.93. The van der Waals surface area contributed by atoms with Gasteiger partial charge in [0.05, 0.1) is 0 Å². The van der Waals surface area contributed by atoms with Gasteiger partial charge in [-0.05, 0) is 12.1 Å². The predicted octanol–water partition coefficient (Wildman–Crippen LogP) is 0.295. The Morgan fingerprint density at radius 1 is 1.23 bits per heavy atom. The fourth-order valence-corrected chi connectivity index (χ4v) is 1.08. The van der Waals surface area contributed by atoms with Gasteiger partial charge in [0, 0.05) is 5.69 Å². The monoisotopic (exact) mass is 211 g/mol. The molecule has 2 N–H and O–H groups in total. The fourth-order valence-electron chi connectivity index (χ4n) is 0.731. The van der Waals surface area contributed by atoms with Crippen molar-refractivity contribution >= 4 is 45.4 Å². The molecule has 4 nitrogen and oxygen atoms in total. The van der Waals surface area contributed by atoms with Gasteiger partial charge in [0.2, 0.25) is 0 Å². The van der Waals surface area contributed by atoms with Crippen LogP contribution in [0.5, 0.6) is 0 Å². The average Bonchev–Trinajstić information content (AvgIpc) is 2.02. The van der Waals surface area contributed by atoms with Crippen LogP contribution in [0, 0.1) is 0 Å². The van der Waals surface area contributed by atoms with Gasteiger partial charge in [0.25, 0.3) is 10.1 Å². The number of nitrogens with one attached hydrogen (secondary N) is 1. The molecule has 0 saturated heterocycles. The van der Waals surface area contributed by atoms with E-state index in [1.807, 2.05) is 6.07 Å². The molecule has 1 aromatic carbocycles.